The molecule has 4 nitrogen and oxygen atoms in total. The molecule has 0 saturated carbocycles. The van der Waals surface area contributed by atoms with Crippen LogP contribution in [0.4, 0.5) is 0 Å². The zero-order valence-electron chi connectivity index (χ0n) is 19.4. The number of methoxy groups -OCH3 is 3. The number of rotatable bonds is 6. The van der Waals surface area contributed by atoms with Gasteiger partial charge in [-0.05, 0) is 59.7 Å². The smallest absolute Gasteiger partial charge is 0.178 e. The van der Waals surface area contributed by atoms with E-state index in [-0.39, 0.29) is 0 Å². The van der Waals surface area contributed by atoms with Gasteiger partial charge >= 0.3 is 0 Å². The normalized spacial score (nSPS) is 13.8. The summed E-state index contributed by atoms with van der Waals surface area (Å²) >= 11 is 0. The molecule has 0 aromatic heterocycles. The van der Waals surface area contributed by atoms with Crippen LogP contribution in [0, 0.1) is 0 Å². The van der Waals surface area contributed by atoms with Crippen LogP contribution in [0.3, 0.4) is 0 Å². The predicted octanol–water partition coefficient (Wildman–Crippen LogP) is 6.48. The Morgan fingerprint density at radius 2 is 1.18 bits per heavy atom. The van der Waals surface area contributed by atoms with Gasteiger partial charge in [0, 0.05) is 16.7 Å². The van der Waals surface area contributed by atoms with Gasteiger partial charge in [-0.25, -0.2) is 0 Å². The van der Waals surface area contributed by atoms with Gasteiger partial charge in [0.1, 0.15) is 23.0 Å². The third kappa shape index (κ3) is 3.77. The lowest BCUT2D eigenvalue weighted by Crippen LogP contribution is -2.35. The first-order chi connectivity index (χ1) is 16.7. The highest BCUT2D eigenvalue weighted by molar-refractivity contribution is 5.86. The van der Waals surface area contributed by atoms with Crippen molar-refractivity contribution in [1.29, 1.82) is 0 Å². The number of fused-ring (bicyclic) bond motifs is 1. The second kappa shape index (κ2) is 8.99. The molecule has 0 fully saturated rings. The second-order valence-electron chi connectivity index (χ2n) is 8.08. The van der Waals surface area contributed by atoms with Crippen molar-refractivity contribution in [2.75, 3.05) is 21.3 Å². The van der Waals surface area contributed by atoms with E-state index in [9.17, 15) is 0 Å². The highest BCUT2D eigenvalue weighted by Gasteiger charge is 2.40. The Kier molecular flexibility index (Phi) is 5.72. The minimum atomic E-state index is -0.896. The maximum Gasteiger partial charge on any atom is 0.178 e. The Balaban J connectivity index is 1.81. The fourth-order valence-corrected chi connectivity index (χ4v) is 4.43. The van der Waals surface area contributed by atoms with E-state index < -0.39 is 5.60 Å². The van der Waals surface area contributed by atoms with E-state index in [0.717, 1.165) is 50.8 Å². The molecule has 34 heavy (non-hydrogen) atoms. The van der Waals surface area contributed by atoms with Gasteiger partial charge in [-0.15, -0.1) is 0 Å². The van der Waals surface area contributed by atoms with Crippen LogP contribution in [0.1, 0.15) is 22.3 Å². The Hall–Kier alpha value is -4.18. The van der Waals surface area contributed by atoms with E-state index in [1.165, 1.54) is 0 Å². The molecular formula is C30H26O4. The minimum absolute atomic E-state index is 0.765. The van der Waals surface area contributed by atoms with Crippen LogP contribution in [0.15, 0.2) is 103 Å². The van der Waals surface area contributed by atoms with E-state index >= 15 is 0 Å². The van der Waals surface area contributed by atoms with E-state index in [0.29, 0.717) is 0 Å². The van der Waals surface area contributed by atoms with Crippen molar-refractivity contribution in [2.45, 2.75) is 5.60 Å². The molecule has 0 N–H and O–H groups in total. The molecule has 0 radical (unpaired) electrons. The summed E-state index contributed by atoms with van der Waals surface area (Å²) < 4.78 is 23.4. The first-order valence-electron chi connectivity index (χ1n) is 11.1. The minimum Gasteiger partial charge on any atom is -0.497 e. The SMILES string of the molecule is COc1ccc(C2=CC(c3cccc(OC)c3)(c3cccc(OC)c3)Oc3ccccc32)cc1. The van der Waals surface area contributed by atoms with Crippen molar-refractivity contribution in [2.24, 2.45) is 0 Å². The van der Waals surface area contributed by atoms with Gasteiger partial charge in [-0.1, -0.05) is 54.6 Å². The molecule has 1 aliphatic rings. The molecule has 0 amide bonds. The van der Waals surface area contributed by atoms with Crippen LogP contribution in [-0.2, 0) is 5.60 Å². The summed E-state index contributed by atoms with van der Waals surface area (Å²) in [5.74, 6) is 3.15. The van der Waals surface area contributed by atoms with Gasteiger partial charge in [0.15, 0.2) is 5.60 Å². The molecule has 0 aliphatic carbocycles. The van der Waals surface area contributed by atoms with E-state index in [2.05, 4.69) is 36.4 Å². The standard InChI is InChI=1S/C30H26O4/c1-31-24-16-14-21(15-17-24)28-20-30(22-8-6-10-25(18-22)32-2,23-9-7-11-26(19-23)33-3)34-29-13-5-4-12-27(28)29/h4-20H,1-3H3. The van der Waals surface area contributed by atoms with Crippen molar-refractivity contribution in [3.05, 3.63) is 125 Å². The van der Waals surface area contributed by atoms with Crippen LogP contribution in [0.25, 0.3) is 5.57 Å². The summed E-state index contributed by atoms with van der Waals surface area (Å²) in [6, 6.07) is 32.3. The summed E-state index contributed by atoms with van der Waals surface area (Å²) in [5.41, 5.74) is 4.21. The average Bonchev–Trinajstić information content (AvgIpc) is 2.92. The van der Waals surface area contributed by atoms with Gasteiger partial charge in [-0.2, -0.15) is 0 Å². The zero-order valence-corrected chi connectivity index (χ0v) is 19.4. The number of benzene rings is 4. The van der Waals surface area contributed by atoms with Crippen molar-refractivity contribution < 1.29 is 18.9 Å². The fourth-order valence-electron chi connectivity index (χ4n) is 4.43. The topological polar surface area (TPSA) is 36.9 Å². The third-order valence-electron chi connectivity index (χ3n) is 6.19. The lowest BCUT2D eigenvalue weighted by atomic mass is 9.79. The quantitative estimate of drug-likeness (QED) is 0.337. The lowest BCUT2D eigenvalue weighted by Gasteiger charge is -2.38. The second-order valence-corrected chi connectivity index (χ2v) is 8.08. The zero-order chi connectivity index (χ0) is 23.5. The molecule has 1 heterocycles. The summed E-state index contributed by atoms with van der Waals surface area (Å²) in [4.78, 5) is 0. The van der Waals surface area contributed by atoms with E-state index in [1.807, 2.05) is 66.7 Å². The lowest BCUT2D eigenvalue weighted by molar-refractivity contribution is 0.159. The molecule has 4 heteroatoms. The summed E-state index contributed by atoms with van der Waals surface area (Å²) in [6.07, 6.45) is 2.20. The van der Waals surface area contributed by atoms with Gasteiger partial charge in [0.2, 0.25) is 0 Å². The molecule has 1 aliphatic heterocycles. The van der Waals surface area contributed by atoms with E-state index in [1.54, 1.807) is 21.3 Å². The maximum absolute atomic E-state index is 6.88. The van der Waals surface area contributed by atoms with Crippen LogP contribution in [0.2, 0.25) is 0 Å². The number of ether oxygens (including phenoxy) is 4. The van der Waals surface area contributed by atoms with Crippen LogP contribution >= 0.6 is 0 Å². The largest absolute Gasteiger partial charge is 0.497 e. The third-order valence-corrected chi connectivity index (χ3v) is 6.19. The number of hydrogen-bond acceptors (Lipinski definition) is 4. The van der Waals surface area contributed by atoms with Gasteiger partial charge in [0.25, 0.3) is 0 Å². The molecule has 4 aromatic rings. The first kappa shape index (κ1) is 21.7. The maximum atomic E-state index is 6.88. The average molecular weight is 451 g/mol. The highest BCUT2D eigenvalue weighted by atomic mass is 16.5. The predicted molar refractivity (Wildman–Crippen MR) is 134 cm³/mol. The van der Waals surface area contributed by atoms with Crippen molar-refractivity contribution in [3.8, 4) is 23.0 Å². The van der Waals surface area contributed by atoms with Crippen molar-refractivity contribution in [3.63, 3.8) is 0 Å². The molecule has 5 rings (SSSR count). The summed E-state index contributed by atoms with van der Waals surface area (Å²) in [6.45, 7) is 0. The van der Waals surface area contributed by atoms with E-state index in [4.69, 9.17) is 18.9 Å². The summed E-state index contributed by atoms with van der Waals surface area (Å²) in [5, 5.41) is 0. The van der Waals surface area contributed by atoms with Crippen LogP contribution in [0.5, 0.6) is 23.0 Å². The van der Waals surface area contributed by atoms with Crippen LogP contribution < -0.4 is 18.9 Å². The Morgan fingerprint density at radius 3 is 1.76 bits per heavy atom. The van der Waals surface area contributed by atoms with Gasteiger partial charge in [0.05, 0.1) is 21.3 Å². The molecule has 0 bridgehead atoms. The molecule has 0 spiro atoms. The van der Waals surface area contributed by atoms with Crippen LogP contribution in [-0.4, -0.2) is 21.3 Å². The molecule has 0 atom stereocenters. The Labute approximate surface area is 200 Å². The van der Waals surface area contributed by atoms with Crippen molar-refractivity contribution >= 4 is 5.57 Å². The fraction of sp³-hybridized carbons (Fsp3) is 0.133. The highest BCUT2D eigenvalue weighted by Crippen LogP contribution is 2.47. The Morgan fingerprint density at radius 1 is 0.588 bits per heavy atom. The number of hydrogen-bond donors (Lipinski definition) is 0. The van der Waals surface area contributed by atoms with Gasteiger partial charge < -0.3 is 18.9 Å². The van der Waals surface area contributed by atoms with Crippen molar-refractivity contribution in [1.82, 2.24) is 0 Å². The number of para-hydroxylation sites is 1. The molecule has 0 unspecified atom stereocenters. The first-order valence-corrected chi connectivity index (χ1v) is 11.1. The van der Waals surface area contributed by atoms with Gasteiger partial charge in [-0.3, -0.25) is 0 Å². The molecule has 0 saturated heterocycles. The Bertz CT molecular complexity index is 1290. The summed E-state index contributed by atoms with van der Waals surface area (Å²) in [7, 11) is 5.02. The molecule has 170 valence electrons. The molecular weight excluding hydrogens is 424 g/mol. The monoisotopic (exact) mass is 450 g/mol. The molecule has 4 aromatic carbocycles.